The fraction of sp³-hybridized carbons (Fsp3) is 0.240. The van der Waals surface area contributed by atoms with Crippen molar-refractivity contribution >= 4 is 5.78 Å². The van der Waals surface area contributed by atoms with Gasteiger partial charge in [-0.15, -0.1) is 0 Å². The van der Waals surface area contributed by atoms with Gasteiger partial charge in [0.05, 0.1) is 11.6 Å². The van der Waals surface area contributed by atoms with Crippen LogP contribution in [0.2, 0.25) is 0 Å². The monoisotopic (exact) mass is 416 g/mol. The number of aryl methyl sites for hydroxylation is 1. The first-order valence-electron chi connectivity index (χ1n) is 10.1. The van der Waals surface area contributed by atoms with Crippen LogP contribution in [0.25, 0.3) is 0 Å². The first kappa shape index (κ1) is 21.8. The summed E-state index contributed by atoms with van der Waals surface area (Å²) in [6, 6.07) is 17.8. The van der Waals surface area contributed by atoms with Crippen LogP contribution >= 0.6 is 0 Å². The Balaban J connectivity index is 2.00. The van der Waals surface area contributed by atoms with Crippen LogP contribution in [0.5, 0.6) is 11.6 Å². The number of aromatic nitrogens is 1. The van der Waals surface area contributed by atoms with Crippen molar-refractivity contribution < 1.29 is 14.6 Å². The molecule has 0 bridgehead atoms. The summed E-state index contributed by atoms with van der Waals surface area (Å²) in [5.74, 6) is -0.456. The van der Waals surface area contributed by atoms with Crippen molar-refractivity contribution in [1.29, 1.82) is 5.26 Å². The quantitative estimate of drug-likeness (QED) is 0.584. The van der Waals surface area contributed by atoms with Crippen LogP contribution in [0.15, 0.2) is 59.4 Å². The van der Waals surface area contributed by atoms with Gasteiger partial charge < -0.3 is 9.84 Å². The summed E-state index contributed by atoms with van der Waals surface area (Å²) in [4.78, 5) is 25.9. The van der Waals surface area contributed by atoms with Crippen LogP contribution in [0.4, 0.5) is 0 Å². The molecule has 31 heavy (non-hydrogen) atoms. The van der Waals surface area contributed by atoms with Crippen LogP contribution in [-0.4, -0.2) is 22.1 Å². The Hall–Kier alpha value is -3.85. The average Bonchev–Trinajstić information content (AvgIpc) is 2.78. The number of Topliss-reactive ketones (excluding diaryl/α,β-unsaturated/α-hetero) is 1. The number of benzene rings is 2. The van der Waals surface area contributed by atoms with Crippen molar-refractivity contribution in [2.45, 2.75) is 33.2 Å². The van der Waals surface area contributed by atoms with Gasteiger partial charge in [0, 0.05) is 0 Å². The van der Waals surface area contributed by atoms with Gasteiger partial charge in [-0.2, -0.15) is 5.26 Å². The van der Waals surface area contributed by atoms with Gasteiger partial charge in [-0.1, -0.05) is 49.4 Å². The van der Waals surface area contributed by atoms with Crippen molar-refractivity contribution in [2.75, 3.05) is 6.61 Å². The first-order valence-corrected chi connectivity index (χ1v) is 10.1. The lowest BCUT2D eigenvalue weighted by Gasteiger charge is -2.21. The fourth-order valence-electron chi connectivity index (χ4n) is 3.54. The van der Waals surface area contributed by atoms with Crippen LogP contribution in [0, 0.1) is 18.3 Å². The number of ether oxygens (including phenoxy) is 1. The zero-order valence-corrected chi connectivity index (χ0v) is 17.8. The third-order valence-electron chi connectivity index (χ3n) is 5.40. The van der Waals surface area contributed by atoms with E-state index >= 15 is 0 Å². The van der Waals surface area contributed by atoms with Gasteiger partial charge in [0.1, 0.15) is 17.4 Å². The number of ketones is 1. The van der Waals surface area contributed by atoms with Gasteiger partial charge in [0.15, 0.2) is 6.61 Å². The lowest BCUT2D eigenvalue weighted by Crippen LogP contribution is -2.30. The number of rotatable bonds is 7. The Morgan fingerprint density at radius 2 is 1.81 bits per heavy atom. The molecule has 1 N–H and O–H groups in total. The molecular formula is C25H24N2O4. The average molecular weight is 416 g/mol. The lowest BCUT2D eigenvalue weighted by atomic mass is 10.00. The zero-order chi connectivity index (χ0) is 22.5. The SMILES string of the molecule is CCc1ccc(OCC(=O)c2c(C)c(C#N)c(=O)n(C(C)c3ccccc3)c2O)cc1. The predicted octanol–water partition coefficient (Wildman–Crippen LogP) is 4.17. The van der Waals surface area contributed by atoms with E-state index < -0.39 is 23.3 Å². The minimum atomic E-state index is -0.638. The molecule has 1 atom stereocenters. The summed E-state index contributed by atoms with van der Waals surface area (Å²) in [7, 11) is 0. The molecule has 158 valence electrons. The molecule has 0 amide bonds. The number of hydrogen-bond donors (Lipinski definition) is 1. The van der Waals surface area contributed by atoms with Gasteiger partial charge in [0.2, 0.25) is 11.7 Å². The van der Waals surface area contributed by atoms with Crippen molar-refractivity contribution in [3.05, 3.63) is 92.8 Å². The van der Waals surface area contributed by atoms with Gasteiger partial charge in [-0.25, -0.2) is 0 Å². The summed E-state index contributed by atoms with van der Waals surface area (Å²) in [5.41, 5.74) is 1.17. The largest absolute Gasteiger partial charge is 0.494 e. The van der Waals surface area contributed by atoms with Gasteiger partial charge in [-0.05, 0) is 49.1 Å². The highest BCUT2D eigenvalue weighted by Gasteiger charge is 2.26. The minimum absolute atomic E-state index is 0.0795. The maximum absolute atomic E-state index is 13.0. The molecule has 1 heterocycles. The van der Waals surface area contributed by atoms with E-state index in [4.69, 9.17) is 4.74 Å². The van der Waals surface area contributed by atoms with E-state index in [1.54, 1.807) is 19.1 Å². The molecular weight excluding hydrogens is 392 g/mol. The molecule has 0 saturated heterocycles. The van der Waals surface area contributed by atoms with Gasteiger partial charge in [0.25, 0.3) is 5.56 Å². The van der Waals surface area contributed by atoms with Gasteiger partial charge in [-0.3, -0.25) is 14.2 Å². The summed E-state index contributed by atoms with van der Waals surface area (Å²) in [5, 5.41) is 20.5. The molecule has 0 aliphatic carbocycles. The second-order valence-corrected chi connectivity index (χ2v) is 7.28. The van der Waals surface area contributed by atoms with E-state index in [2.05, 4.69) is 0 Å². The number of hydrogen-bond acceptors (Lipinski definition) is 5. The van der Waals surface area contributed by atoms with E-state index in [1.165, 1.54) is 6.92 Å². The second kappa shape index (κ2) is 9.31. The Labute approximate surface area is 181 Å². The first-order chi connectivity index (χ1) is 14.9. The topological polar surface area (TPSA) is 92.3 Å². The molecule has 3 aromatic rings. The van der Waals surface area contributed by atoms with Crippen molar-refractivity contribution in [3.63, 3.8) is 0 Å². The number of nitriles is 1. The van der Waals surface area contributed by atoms with Crippen molar-refractivity contribution in [2.24, 2.45) is 0 Å². The molecule has 6 nitrogen and oxygen atoms in total. The number of pyridine rings is 1. The van der Waals surface area contributed by atoms with E-state index in [1.807, 2.05) is 55.5 Å². The maximum Gasteiger partial charge on any atom is 0.272 e. The normalized spacial score (nSPS) is 11.5. The summed E-state index contributed by atoms with van der Waals surface area (Å²) in [6.07, 6.45) is 0.893. The Bertz CT molecular complexity index is 1190. The highest BCUT2D eigenvalue weighted by atomic mass is 16.5. The number of carbonyl (C=O) groups excluding carboxylic acids is 1. The summed E-state index contributed by atoms with van der Waals surface area (Å²) < 4.78 is 6.68. The molecule has 0 fully saturated rings. The zero-order valence-electron chi connectivity index (χ0n) is 17.8. The lowest BCUT2D eigenvalue weighted by molar-refractivity contribution is 0.0916. The molecule has 0 saturated carbocycles. The molecule has 0 radical (unpaired) electrons. The number of aromatic hydroxyl groups is 1. The van der Waals surface area contributed by atoms with E-state index in [-0.39, 0.29) is 23.3 Å². The van der Waals surface area contributed by atoms with Gasteiger partial charge >= 0.3 is 0 Å². The fourth-order valence-corrected chi connectivity index (χ4v) is 3.54. The molecule has 6 heteroatoms. The Kier molecular flexibility index (Phi) is 6.56. The van der Waals surface area contributed by atoms with Crippen LogP contribution < -0.4 is 10.3 Å². The predicted molar refractivity (Wildman–Crippen MR) is 118 cm³/mol. The molecule has 1 aromatic heterocycles. The third-order valence-corrected chi connectivity index (χ3v) is 5.40. The van der Waals surface area contributed by atoms with Crippen LogP contribution in [0.3, 0.4) is 0 Å². The molecule has 0 aliphatic heterocycles. The van der Waals surface area contributed by atoms with E-state index in [9.17, 15) is 20.0 Å². The number of nitrogens with zero attached hydrogens (tertiary/aromatic N) is 2. The Morgan fingerprint density at radius 3 is 2.39 bits per heavy atom. The van der Waals surface area contributed by atoms with Crippen molar-refractivity contribution in [3.8, 4) is 17.7 Å². The summed E-state index contributed by atoms with van der Waals surface area (Å²) >= 11 is 0. The minimum Gasteiger partial charge on any atom is -0.494 e. The molecule has 0 spiro atoms. The van der Waals surface area contributed by atoms with Crippen molar-refractivity contribution in [1.82, 2.24) is 4.57 Å². The van der Waals surface area contributed by atoms with Crippen LogP contribution in [-0.2, 0) is 6.42 Å². The molecule has 0 aliphatic rings. The number of carbonyl (C=O) groups is 1. The van der Waals surface area contributed by atoms with E-state index in [0.29, 0.717) is 5.75 Å². The standard InChI is InChI=1S/C25H24N2O4/c1-4-18-10-12-20(13-11-18)31-15-22(28)23-16(2)21(14-26)24(29)27(25(23)30)17(3)19-8-6-5-7-9-19/h5-13,17,30H,4,15H2,1-3H3. The van der Waals surface area contributed by atoms with E-state index in [0.717, 1.165) is 22.1 Å². The maximum atomic E-state index is 13.0. The molecule has 1 unspecified atom stereocenters. The highest BCUT2D eigenvalue weighted by Crippen LogP contribution is 2.28. The molecule has 2 aromatic carbocycles. The molecule has 3 rings (SSSR count). The summed E-state index contributed by atoms with van der Waals surface area (Å²) in [6.45, 7) is 4.93. The van der Waals surface area contributed by atoms with Crippen LogP contribution in [0.1, 0.15) is 52.5 Å². The Morgan fingerprint density at radius 1 is 1.16 bits per heavy atom. The highest BCUT2D eigenvalue weighted by molar-refractivity contribution is 6.01. The second-order valence-electron chi connectivity index (χ2n) is 7.28. The third kappa shape index (κ3) is 4.36. The smallest absolute Gasteiger partial charge is 0.272 e.